The third kappa shape index (κ3) is 3.05. The van der Waals surface area contributed by atoms with Crippen LogP contribution < -0.4 is 0 Å². The Balaban J connectivity index is 1.56. The van der Waals surface area contributed by atoms with Crippen molar-refractivity contribution in [1.29, 1.82) is 0 Å². The van der Waals surface area contributed by atoms with Crippen molar-refractivity contribution in [3.05, 3.63) is 0 Å². The van der Waals surface area contributed by atoms with Gasteiger partial charge >= 0.3 is 5.97 Å². The molecule has 0 saturated heterocycles. The number of aliphatic hydroxyl groups excluding tert-OH is 2. The van der Waals surface area contributed by atoms with Gasteiger partial charge in [-0.2, -0.15) is 0 Å². The highest BCUT2D eigenvalue weighted by atomic mass is 16.4. The minimum absolute atomic E-state index is 0.0591. The van der Waals surface area contributed by atoms with Gasteiger partial charge in [0, 0.05) is 6.42 Å². The van der Waals surface area contributed by atoms with Gasteiger partial charge in [-0.25, -0.2) is 0 Å². The first-order chi connectivity index (χ1) is 13.2. The van der Waals surface area contributed by atoms with E-state index in [2.05, 4.69) is 20.8 Å². The van der Waals surface area contributed by atoms with Gasteiger partial charge in [-0.15, -0.1) is 0 Å². The van der Waals surface area contributed by atoms with E-state index in [-0.39, 0.29) is 29.5 Å². The average Bonchev–Trinajstić information content (AvgIpc) is 3.00. The van der Waals surface area contributed by atoms with Crippen LogP contribution in [0, 0.1) is 46.3 Å². The SMILES string of the molecule is C[C@H](CCC(=O)O)[C@H]1CC[C@@H]2[C@@H]3CC[C@@H]4C[C@H](O)CC[C@]4(C)[C@H]3C[C@H](O)[C@@]21C. The van der Waals surface area contributed by atoms with Crippen molar-refractivity contribution in [2.75, 3.05) is 0 Å². The lowest BCUT2D eigenvalue weighted by atomic mass is 9.43. The quantitative estimate of drug-likeness (QED) is 0.659. The van der Waals surface area contributed by atoms with Crippen molar-refractivity contribution in [1.82, 2.24) is 0 Å². The van der Waals surface area contributed by atoms with Crippen LogP contribution in [0.15, 0.2) is 0 Å². The molecule has 0 radical (unpaired) electrons. The highest BCUT2D eigenvalue weighted by Gasteiger charge is 2.63. The number of carbonyl (C=O) groups is 1. The van der Waals surface area contributed by atoms with Crippen molar-refractivity contribution >= 4 is 5.97 Å². The Bertz CT molecular complexity index is 605. The summed E-state index contributed by atoms with van der Waals surface area (Å²) in [6, 6.07) is 0. The molecule has 0 aromatic carbocycles. The molecular formula is C24H40O4. The summed E-state index contributed by atoms with van der Waals surface area (Å²) < 4.78 is 0. The zero-order chi connectivity index (χ0) is 20.3. The van der Waals surface area contributed by atoms with Crippen LogP contribution in [0.1, 0.15) is 85.0 Å². The fraction of sp³-hybridized carbons (Fsp3) is 0.958. The van der Waals surface area contributed by atoms with Gasteiger partial charge in [0.15, 0.2) is 0 Å². The minimum Gasteiger partial charge on any atom is -0.481 e. The second-order valence-electron chi connectivity index (χ2n) is 11.3. The summed E-state index contributed by atoms with van der Waals surface area (Å²) in [5.74, 6) is 2.55. The van der Waals surface area contributed by atoms with E-state index in [1.807, 2.05) is 0 Å². The normalized spacial score (nSPS) is 51.7. The standard InChI is InChI=1S/C24H40O4/c1-14(4-9-22(27)28)18-7-8-19-17-6-5-15-12-16(25)10-11-23(15,2)20(17)13-21(26)24(18,19)3/h14-21,25-26H,4-13H2,1-3H3,(H,27,28)/t14-,15-,16-,17+,18-,19-,20+,21+,23+,24-/m1/s1. The fourth-order valence-electron chi connectivity index (χ4n) is 8.71. The van der Waals surface area contributed by atoms with Crippen LogP contribution in [-0.4, -0.2) is 33.5 Å². The van der Waals surface area contributed by atoms with E-state index in [1.54, 1.807) is 0 Å². The molecule has 4 aliphatic rings. The Hall–Kier alpha value is -0.610. The van der Waals surface area contributed by atoms with Crippen LogP contribution in [0.25, 0.3) is 0 Å². The first-order valence-corrected chi connectivity index (χ1v) is 11.8. The first kappa shape index (κ1) is 20.7. The van der Waals surface area contributed by atoms with Crippen molar-refractivity contribution in [2.45, 2.75) is 97.2 Å². The van der Waals surface area contributed by atoms with E-state index in [1.165, 1.54) is 19.3 Å². The fourth-order valence-corrected chi connectivity index (χ4v) is 8.71. The predicted octanol–water partition coefficient (Wildman–Crippen LogP) is 4.48. The maximum Gasteiger partial charge on any atom is 0.303 e. The Morgan fingerprint density at radius 2 is 1.79 bits per heavy atom. The molecule has 4 nitrogen and oxygen atoms in total. The molecule has 4 saturated carbocycles. The molecule has 0 aromatic rings. The zero-order valence-corrected chi connectivity index (χ0v) is 17.9. The predicted molar refractivity (Wildman–Crippen MR) is 109 cm³/mol. The van der Waals surface area contributed by atoms with Gasteiger partial charge in [0.2, 0.25) is 0 Å². The number of carboxylic acids is 1. The van der Waals surface area contributed by atoms with E-state index in [0.29, 0.717) is 35.5 Å². The number of aliphatic hydroxyl groups is 2. The molecule has 160 valence electrons. The third-order valence-corrected chi connectivity index (χ3v) is 10.3. The van der Waals surface area contributed by atoms with E-state index < -0.39 is 5.97 Å². The lowest BCUT2D eigenvalue weighted by Gasteiger charge is -2.62. The number of fused-ring (bicyclic) bond motifs is 5. The molecular weight excluding hydrogens is 352 g/mol. The van der Waals surface area contributed by atoms with Gasteiger partial charge in [-0.05, 0) is 104 Å². The molecule has 0 aromatic heterocycles. The zero-order valence-electron chi connectivity index (χ0n) is 17.9. The molecule has 4 aliphatic carbocycles. The topological polar surface area (TPSA) is 77.8 Å². The Labute approximate surface area is 170 Å². The summed E-state index contributed by atoms with van der Waals surface area (Å²) in [7, 11) is 0. The number of hydrogen-bond acceptors (Lipinski definition) is 3. The summed E-state index contributed by atoms with van der Waals surface area (Å²) in [5.41, 5.74) is 0.216. The first-order valence-electron chi connectivity index (χ1n) is 11.8. The Kier molecular flexibility index (Phi) is 5.36. The largest absolute Gasteiger partial charge is 0.481 e. The van der Waals surface area contributed by atoms with Gasteiger partial charge in [-0.3, -0.25) is 4.79 Å². The van der Waals surface area contributed by atoms with E-state index in [4.69, 9.17) is 5.11 Å². The highest BCUT2D eigenvalue weighted by Crippen LogP contribution is 2.68. The molecule has 4 heteroatoms. The van der Waals surface area contributed by atoms with Crippen LogP contribution >= 0.6 is 0 Å². The molecule has 3 N–H and O–H groups in total. The molecule has 0 aliphatic heterocycles. The number of rotatable bonds is 4. The monoisotopic (exact) mass is 392 g/mol. The van der Waals surface area contributed by atoms with Crippen LogP contribution in [-0.2, 0) is 4.79 Å². The van der Waals surface area contributed by atoms with Crippen LogP contribution in [0.3, 0.4) is 0 Å². The molecule has 4 fully saturated rings. The van der Waals surface area contributed by atoms with E-state index >= 15 is 0 Å². The third-order valence-electron chi connectivity index (χ3n) is 10.3. The molecule has 28 heavy (non-hydrogen) atoms. The minimum atomic E-state index is -0.707. The van der Waals surface area contributed by atoms with E-state index in [9.17, 15) is 15.0 Å². The molecule has 0 bridgehead atoms. The van der Waals surface area contributed by atoms with Crippen LogP contribution in [0.5, 0.6) is 0 Å². The van der Waals surface area contributed by atoms with Crippen molar-refractivity contribution in [3.63, 3.8) is 0 Å². The molecule has 0 heterocycles. The highest BCUT2D eigenvalue weighted by molar-refractivity contribution is 5.66. The molecule has 0 unspecified atom stereocenters. The Morgan fingerprint density at radius 3 is 2.50 bits per heavy atom. The number of hydrogen-bond donors (Lipinski definition) is 3. The molecule has 10 atom stereocenters. The molecule has 0 spiro atoms. The summed E-state index contributed by atoms with van der Waals surface area (Å²) in [4.78, 5) is 11.1. The maximum atomic E-state index is 11.5. The van der Waals surface area contributed by atoms with Crippen molar-refractivity contribution in [2.24, 2.45) is 46.3 Å². The lowest BCUT2D eigenvalue weighted by Crippen LogP contribution is -2.58. The average molecular weight is 393 g/mol. The summed E-state index contributed by atoms with van der Waals surface area (Å²) in [6.45, 7) is 6.99. The summed E-state index contributed by atoms with van der Waals surface area (Å²) in [5, 5.41) is 30.8. The smallest absolute Gasteiger partial charge is 0.303 e. The Morgan fingerprint density at radius 1 is 1.04 bits per heavy atom. The van der Waals surface area contributed by atoms with Gasteiger partial charge in [-0.1, -0.05) is 20.8 Å². The van der Waals surface area contributed by atoms with Gasteiger partial charge in [0.25, 0.3) is 0 Å². The van der Waals surface area contributed by atoms with Crippen LogP contribution in [0.2, 0.25) is 0 Å². The molecule has 4 rings (SSSR count). The van der Waals surface area contributed by atoms with Crippen LogP contribution in [0.4, 0.5) is 0 Å². The van der Waals surface area contributed by atoms with Gasteiger partial charge < -0.3 is 15.3 Å². The van der Waals surface area contributed by atoms with Crippen molar-refractivity contribution in [3.8, 4) is 0 Å². The summed E-state index contributed by atoms with van der Waals surface area (Å²) in [6.07, 6.45) is 9.26. The molecule has 0 amide bonds. The van der Waals surface area contributed by atoms with E-state index in [0.717, 1.165) is 38.5 Å². The summed E-state index contributed by atoms with van der Waals surface area (Å²) >= 11 is 0. The maximum absolute atomic E-state index is 11.5. The van der Waals surface area contributed by atoms with Gasteiger partial charge in [0.05, 0.1) is 12.2 Å². The second-order valence-corrected chi connectivity index (χ2v) is 11.3. The van der Waals surface area contributed by atoms with Gasteiger partial charge in [0.1, 0.15) is 0 Å². The lowest BCUT2D eigenvalue weighted by molar-refractivity contribution is -0.175. The number of aliphatic carboxylic acids is 1. The number of carboxylic acid groups (broad SMARTS) is 1. The second kappa shape index (κ2) is 7.27. The van der Waals surface area contributed by atoms with Crippen molar-refractivity contribution < 1.29 is 20.1 Å².